The number of benzene rings is 1. The number of fused-ring (bicyclic) bond motifs is 1. The maximum Gasteiger partial charge on any atom is 0.261 e. The molecule has 90 valence electrons. The Balaban J connectivity index is 2.42. The molecule has 1 heterocycles. The number of rotatable bonds is 3. The molecule has 0 spiro atoms. The minimum atomic E-state index is -0.147. The highest BCUT2D eigenvalue weighted by atomic mass is 16.2. The molecule has 0 aromatic heterocycles. The molecule has 17 heavy (non-hydrogen) atoms. The van der Waals surface area contributed by atoms with E-state index in [0.29, 0.717) is 11.1 Å². The van der Waals surface area contributed by atoms with Crippen LogP contribution in [-0.4, -0.2) is 22.8 Å². The Bertz CT molecular complexity index is 430. The molecule has 0 unspecified atom stereocenters. The molecule has 1 aromatic rings. The highest BCUT2D eigenvalue weighted by molar-refractivity contribution is 6.21. The summed E-state index contributed by atoms with van der Waals surface area (Å²) in [5.74, 6) is -0.0143. The molecule has 1 aromatic carbocycles. The van der Waals surface area contributed by atoms with Gasteiger partial charge in [-0.3, -0.25) is 14.5 Å². The van der Waals surface area contributed by atoms with Gasteiger partial charge in [0.1, 0.15) is 0 Å². The quantitative estimate of drug-likeness (QED) is 0.750. The fourth-order valence-electron chi connectivity index (χ4n) is 2.46. The van der Waals surface area contributed by atoms with Crippen LogP contribution in [0.1, 0.15) is 47.9 Å². The van der Waals surface area contributed by atoms with Crippen molar-refractivity contribution < 1.29 is 9.59 Å². The van der Waals surface area contributed by atoms with Gasteiger partial charge in [0, 0.05) is 6.04 Å². The van der Waals surface area contributed by atoms with Gasteiger partial charge in [-0.25, -0.2) is 0 Å². The molecule has 0 bridgehead atoms. The molecule has 1 atom stereocenters. The Hall–Kier alpha value is -1.64. The van der Waals surface area contributed by atoms with E-state index in [9.17, 15) is 9.59 Å². The molecule has 0 fully saturated rings. The average Bonchev–Trinajstić information content (AvgIpc) is 2.56. The van der Waals surface area contributed by atoms with Crippen molar-refractivity contribution in [3.8, 4) is 0 Å². The first-order chi connectivity index (χ1) is 8.07. The zero-order valence-corrected chi connectivity index (χ0v) is 10.4. The Kier molecular flexibility index (Phi) is 3.01. The molecule has 1 aliphatic rings. The largest absolute Gasteiger partial charge is 0.271 e. The third-order valence-corrected chi connectivity index (χ3v) is 3.34. The Morgan fingerprint density at radius 3 is 1.88 bits per heavy atom. The van der Waals surface area contributed by atoms with E-state index in [0.717, 1.165) is 6.42 Å². The van der Waals surface area contributed by atoms with E-state index < -0.39 is 0 Å². The van der Waals surface area contributed by atoms with Crippen molar-refractivity contribution in [2.75, 3.05) is 0 Å². The second kappa shape index (κ2) is 4.32. The van der Waals surface area contributed by atoms with Crippen LogP contribution in [0.15, 0.2) is 24.3 Å². The first-order valence-corrected chi connectivity index (χ1v) is 6.04. The first-order valence-electron chi connectivity index (χ1n) is 6.04. The molecule has 3 nitrogen and oxygen atoms in total. The third-order valence-electron chi connectivity index (χ3n) is 3.34. The van der Waals surface area contributed by atoms with Gasteiger partial charge in [0.15, 0.2) is 0 Å². The third kappa shape index (κ3) is 1.75. The van der Waals surface area contributed by atoms with Crippen molar-refractivity contribution in [2.45, 2.75) is 33.2 Å². The minimum Gasteiger partial charge on any atom is -0.271 e. The van der Waals surface area contributed by atoms with Crippen LogP contribution in [0.2, 0.25) is 0 Å². The molecule has 0 N–H and O–H groups in total. The molecule has 1 aliphatic heterocycles. The van der Waals surface area contributed by atoms with Crippen LogP contribution < -0.4 is 0 Å². The number of imide groups is 1. The lowest BCUT2D eigenvalue weighted by molar-refractivity contribution is 0.0536. The van der Waals surface area contributed by atoms with Crippen LogP contribution in [0.3, 0.4) is 0 Å². The van der Waals surface area contributed by atoms with Crippen LogP contribution in [0.25, 0.3) is 0 Å². The van der Waals surface area contributed by atoms with Gasteiger partial charge in [0.25, 0.3) is 11.8 Å². The van der Waals surface area contributed by atoms with E-state index in [-0.39, 0.29) is 23.8 Å². The lowest BCUT2D eigenvalue weighted by atomic mass is 10.00. The second-order valence-electron chi connectivity index (χ2n) is 4.75. The van der Waals surface area contributed by atoms with Crippen molar-refractivity contribution in [3.05, 3.63) is 35.4 Å². The van der Waals surface area contributed by atoms with Gasteiger partial charge in [0.05, 0.1) is 11.1 Å². The van der Waals surface area contributed by atoms with Gasteiger partial charge >= 0.3 is 0 Å². The van der Waals surface area contributed by atoms with Crippen LogP contribution in [-0.2, 0) is 0 Å². The molecule has 2 rings (SSSR count). The number of amides is 2. The fraction of sp³-hybridized carbons (Fsp3) is 0.429. The average molecular weight is 231 g/mol. The summed E-state index contributed by atoms with van der Waals surface area (Å²) < 4.78 is 0. The highest BCUT2D eigenvalue weighted by Gasteiger charge is 2.39. The Morgan fingerprint density at radius 1 is 1.06 bits per heavy atom. The molecule has 0 saturated heterocycles. The summed E-state index contributed by atoms with van der Waals surface area (Å²) in [5, 5.41) is 0. The monoisotopic (exact) mass is 231 g/mol. The summed E-state index contributed by atoms with van der Waals surface area (Å²) in [6.07, 6.45) is 0.795. The van der Waals surface area contributed by atoms with Gasteiger partial charge in [0.2, 0.25) is 0 Å². The maximum atomic E-state index is 12.2. The van der Waals surface area contributed by atoms with Gasteiger partial charge in [-0.2, -0.15) is 0 Å². The summed E-state index contributed by atoms with van der Waals surface area (Å²) in [6, 6.07) is 7.03. The molecule has 0 saturated carbocycles. The first kappa shape index (κ1) is 11.8. The minimum absolute atomic E-state index is 0.0117. The summed E-state index contributed by atoms with van der Waals surface area (Å²) in [7, 11) is 0. The van der Waals surface area contributed by atoms with Gasteiger partial charge in [-0.15, -0.1) is 0 Å². The zero-order valence-electron chi connectivity index (χ0n) is 10.4. The normalized spacial score (nSPS) is 16.6. The molecule has 3 heteroatoms. The van der Waals surface area contributed by atoms with Crippen molar-refractivity contribution in [1.82, 2.24) is 4.90 Å². The van der Waals surface area contributed by atoms with E-state index >= 15 is 0 Å². The smallest absolute Gasteiger partial charge is 0.261 e. The van der Waals surface area contributed by atoms with Gasteiger partial charge in [-0.1, -0.05) is 32.9 Å². The summed E-state index contributed by atoms with van der Waals surface area (Å²) in [4.78, 5) is 25.9. The standard InChI is InChI=1S/C14H17NO2/c1-4-12(9(2)3)15-13(16)10-7-5-6-8-11(10)14(15)17/h5-9,12H,4H2,1-3H3/t12-/m1/s1. The van der Waals surface area contributed by atoms with E-state index in [1.165, 1.54) is 4.90 Å². The second-order valence-corrected chi connectivity index (χ2v) is 4.75. The fourth-order valence-corrected chi connectivity index (χ4v) is 2.46. The van der Waals surface area contributed by atoms with Crippen LogP contribution in [0, 0.1) is 5.92 Å². The van der Waals surface area contributed by atoms with Gasteiger partial charge in [-0.05, 0) is 24.5 Å². The molecule has 0 radical (unpaired) electrons. The van der Waals surface area contributed by atoms with Crippen molar-refractivity contribution in [3.63, 3.8) is 0 Å². The van der Waals surface area contributed by atoms with Crippen molar-refractivity contribution in [1.29, 1.82) is 0 Å². The van der Waals surface area contributed by atoms with E-state index in [2.05, 4.69) is 0 Å². The predicted molar refractivity (Wildman–Crippen MR) is 65.9 cm³/mol. The molecule has 0 aliphatic carbocycles. The number of hydrogen-bond acceptors (Lipinski definition) is 2. The number of hydrogen-bond donors (Lipinski definition) is 0. The zero-order chi connectivity index (χ0) is 12.6. The molecule has 2 amide bonds. The van der Waals surface area contributed by atoms with E-state index in [1.807, 2.05) is 20.8 Å². The number of carbonyl (C=O) groups excluding carboxylic acids is 2. The topological polar surface area (TPSA) is 37.4 Å². The van der Waals surface area contributed by atoms with Crippen LogP contribution in [0.4, 0.5) is 0 Å². The lowest BCUT2D eigenvalue weighted by Gasteiger charge is -2.28. The SMILES string of the molecule is CC[C@H](C(C)C)N1C(=O)c2ccccc2C1=O. The Labute approximate surface area is 101 Å². The Morgan fingerprint density at radius 2 is 1.53 bits per heavy atom. The van der Waals surface area contributed by atoms with Crippen LogP contribution in [0.5, 0.6) is 0 Å². The van der Waals surface area contributed by atoms with E-state index in [1.54, 1.807) is 24.3 Å². The lowest BCUT2D eigenvalue weighted by Crippen LogP contribution is -2.42. The summed E-state index contributed by atoms with van der Waals surface area (Å²) in [5.41, 5.74) is 1.08. The number of nitrogens with zero attached hydrogens (tertiary/aromatic N) is 1. The van der Waals surface area contributed by atoms with Crippen LogP contribution >= 0.6 is 0 Å². The molecular weight excluding hydrogens is 214 g/mol. The summed E-state index contributed by atoms with van der Waals surface area (Å²) >= 11 is 0. The highest BCUT2D eigenvalue weighted by Crippen LogP contribution is 2.28. The predicted octanol–water partition coefficient (Wildman–Crippen LogP) is 2.72. The maximum absolute atomic E-state index is 12.2. The molecular formula is C14H17NO2. The van der Waals surface area contributed by atoms with E-state index in [4.69, 9.17) is 0 Å². The summed E-state index contributed by atoms with van der Waals surface area (Å²) in [6.45, 7) is 6.09. The van der Waals surface area contributed by atoms with Crippen molar-refractivity contribution >= 4 is 11.8 Å². The number of carbonyl (C=O) groups is 2. The van der Waals surface area contributed by atoms with Crippen molar-refractivity contribution in [2.24, 2.45) is 5.92 Å². The van der Waals surface area contributed by atoms with Gasteiger partial charge < -0.3 is 0 Å².